The molecule has 4 nitrogen and oxygen atoms in total. The summed E-state index contributed by atoms with van der Waals surface area (Å²) in [6.45, 7) is 0. The van der Waals surface area contributed by atoms with Crippen molar-refractivity contribution in [1.29, 1.82) is 0 Å². The van der Waals surface area contributed by atoms with Crippen LogP contribution in [0.1, 0.15) is 22.5 Å². The quantitative estimate of drug-likeness (QED) is 0.728. The molecule has 82 valence electrons. The molecular formula is C12H13N3O. The molecule has 0 atom stereocenters. The molecule has 0 radical (unpaired) electrons. The highest BCUT2D eigenvalue weighted by Gasteiger charge is 2.09. The van der Waals surface area contributed by atoms with Gasteiger partial charge >= 0.3 is 0 Å². The molecule has 2 heterocycles. The first-order valence-corrected chi connectivity index (χ1v) is 5.17. The van der Waals surface area contributed by atoms with Crippen molar-refractivity contribution in [2.75, 3.05) is 0 Å². The van der Waals surface area contributed by atoms with E-state index in [1.165, 1.54) is 0 Å². The second-order valence-electron chi connectivity index (χ2n) is 3.62. The van der Waals surface area contributed by atoms with E-state index in [4.69, 9.17) is 0 Å². The van der Waals surface area contributed by atoms with Gasteiger partial charge in [0.05, 0.1) is 0 Å². The Morgan fingerprint density at radius 1 is 1.25 bits per heavy atom. The van der Waals surface area contributed by atoms with Gasteiger partial charge in [-0.2, -0.15) is 5.10 Å². The normalized spacial score (nSPS) is 10.3. The fourth-order valence-corrected chi connectivity index (χ4v) is 1.58. The summed E-state index contributed by atoms with van der Waals surface area (Å²) in [6.07, 6.45) is 6.36. The minimum absolute atomic E-state index is 0.122. The van der Waals surface area contributed by atoms with Gasteiger partial charge in [0, 0.05) is 32.1 Å². The van der Waals surface area contributed by atoms with Gasteiger partial charge in [-0.25, -0.2) is 0 Å². The molecule has 0 unspecified atom stereocenters. The van der Waals surface area contributed by atoms with E-state index in [-0.39, 0.29) is 5.78 Å². The zero-order valence-corrected chi connectivity index (χ0v) is 9.13. The summed E-state index contributed by atoms with van der Waals surface area (Å²) in [5.41, 5.74) is 1.79. The molecule has 0 saturated carbocycles. The van der Waals surface area contributed by atoms with Crippen LogP contribution in [0.2, 0.25) is 0 Å². The van der Waals surface area contributed by atoms with Crippen molar-refractivity contribution in [2.24, 2.45) is 7.05 Å². The summed E-state index contributed by atoms with van der Waals surface area (Å²) in [6, 6.07) is 5.60. The Morgan fingerprint density at radius 2 is 2.00 bits per heavy atom. The minimum atomic E-state index is 0.122. The van der Waals surface area contributed by atoms with Crippen LogP contribution in [0, 0.1) is 0 Å². The fraction of sp³-hybridized carbons (Fsp3) is 0.250. The van der Waals surface area contributed by atoms with E-state index < -0.39 is 0 Å². The van der Waals surface area contributed by atoms with Gasteiger partial charge < -0.3 is 0 Å². The zero-order valence-electron chi connectivity index (χ0n) is 9.13. The van der Waals surface area contributed by atoms with E-state index >= 15 is 0 Å². The van der Waals surface area contributed by atoms with Crippen LogP contribution in [-0.4, -0.2) is 20.5 Å². The molecule has 2 aromatic rings. The van der Waals surface area contributed by atoms with Crippen LogP contribution in [-0.2, 0) is 13.5 Å². The van der Waals surface area contributed by atoms with Gasteiger partial charge in [-0.15, -0.1) is 0 Å². The van der Waals surface area contributed by atoms with Crippen LogP contribution in [0.4, 0.5) is 0 Å². The van der Waals surface area contributed by atoms with Crippen molar-refractivity contribution in [1.82, 2.24) is 14.8 Å². The number of Topliss-reactive ketones (excluding diaryl/α,β-unsaturated/α-hetero) is 1. The molecule has 0 saturated heterocycles. The van der Waals surface area contributed by atoms with E-state index in [0.29, 0.717) is 12.1 Å². The van der Waals surface area contributed by atoms with Gasteiger partial charge in [0.25, 0.3) is 0 Å². The average Bonchev–Trinajstić information content (AvgIpc) is 2.74. The number of aromatic nitrogens is 3. The topological polar surface area (TPSA) is 47.8 Å². The van der Waals surface area contributed by atoms with Gasteiger partial charge in [-0.3, -0.25) is 14.5 Å². The summed E-state index contributed by atoms with van der Waals surface area (Å²) in [5.74, 6) is 0.122. The summed E-state index contributed by atoms with van der Waals surface area (Å²) in [5, 5.41) is 3.98. The fourth-order valence-electron chi connectivity index (χ4n) is 1.58. The largest absolute Gasteiger partial charge is 0.292 e. The van der Waals surface area contributed by atoms with Crippen LogP contribution in [0.15, 0.2) is 36.8 Å². The minimum Gasteiger partial charge on any atom is -0.292 e. The van der Waals surface area contributed by atoms with Gasteiger partial charge in [-0.05, 0) is 30.2 Å². The highest BCUT2D eigenvalue weighted by atomic mass is 16.1. The number of hydrogen-bond donors (Lipinski definition) is 0. The van der Waals surface area contributed by atoms with Gasteiger partial charge in [0.15, 0.2) is 5.78 Å². The standard InChI is InChI=1S/C12H13N3O/c1-15-11(6-9-14-15)12(16)3-2-10-4-7-13-8-5-10/h4-9H,2-3H2,1H3. The summed E-state index contributed by atoms with van der Waals surface area (Å²) >= 11 is 0. The Labute approximate surface area is 93.9 Å². The Hall–Kier alpha value is -1.97. The molecular weight excluding hydrogens is 202 g/mol. The predicted octanol–water partition coefficient (Wildman–Crippen LogP) is 1.63. The molecule has 4 heteroatoms. The van der Waals surface area contributed by atoms with E-state index in [0.717, 1.165) is 12.0 Å². The summed E-state index contributed by atoms with van der Waals surface area (Å²) < 4.78 is 1.61. The molecule has 0 aliphatic heterocycles. The van der Waals surface area contributed by atoms with E-state index in [2.05, 4.69) is 10.1 Å². The van der Waals surface area contributed by atoms with Crippen molar-refractivity contribution >= 4 is 5.78 Å². The molecule has 16 heavy (non-hydrogen) atoms. The van der Waals surface area contributed by atoms with Gasteiger partial charge in [0.1, 0.15) is 5.69 Å². The Bertz CT molecular complexity index is 476. The van der Waals surface area contributed by atoms with Crippen molar-refractivity contribution in [3.8, 4) is 0 Å². The lowest BCUT2D eigenvalue weighted by Gasteiger charge is -2.01. The lowest BCUT2D eigenvalue weighted by atomic mass is 10.1. The maximum Gasteiger partial charge on any atom is 0.181 e. The second-order valence-corrected chi connectivity index (χ2v) is 3.62. The number of pyridine rings is 1. The van der Waals surface area contributed by atoms with E-state index in [9.17, 15) is 4.79 Å². The molecule has 0 bridgehead atoms. The number of hydrogen-bond acceptors (Lipinski definition) is 3. The number of carbonyl (C=O) groups is 1. The average molecular weight is 215 g/mol. The van der Waals surface area contributed by atoms with Crippen LogP contribution in [0.5, 0.6) is 0 Å². The molecule has 0 aliphatic rings. The van der Waals surface area contributed by atoms with Crippen LogP contribution in [0.25, 0.3) is 0 Å². The van der Waals surface area contributed by atoms with Crippen molar-refractivity contribution in [2.45, 2.75) is 12.8 Å². The Balaban J connectivity index is 1.97. The third-order valence-corrected chi connectivity index (χ3v) is 2.50. The SMILES string of the molecule is Cn1nccc1C(=O)CCc1ccncc1. The van der Waals surface area contributed by atoms with Crippen molar-refractivity contribution in [3.63, 3.8) is 0 Å². The molecule has 0 aromatic carbocycles. The highest BCUT2D eigenvalue weighted by Crippen LogP contribution is 2.06. The first kappa shape index (κ1) is 10.5. The number of nitrogens with zero attached hydrogens (tertiary/aromatic N) is 3. The third kappa shape index (κ3) is 2.34. The van der Waals surface area contributed by atoms with Crippen molar-refractivity contribution < 1.29 is 4.79 Å². The van der Waals surface area contributed by atoms with Crippen LogP contribution in [0.3, 0.4) is 0 Å². The second kappa shape index (κ2) is 4.70. The lowest BCUT2D eigenvalue weighted by molar-refractivity contribution is 0.0973. The molecule has 0 N–H and O–H groups in total. The van der Waals surface area contributed by atoms with Crippen molar-refractivity contribution in [3.05, 3.63) is 48.0 Å². The Kier molecular flexibility index (Phi) is 3.10. The first-order chi connectivity index (χ1) is 7.77. The van der Waals surface area contributed by atoms with Gasteiger partial charge in [0.2, 0.25) is 0 Å². The highest BCUT2D eigenvalue weighted by molar-refractivity contribution is 5.94. The third-order valence-electron chi connectivity index (χ3n) is 2.50. The van der Waals surface area contributed by atoms with Crippen LogP contribution >= 0.6 is 0 Å². The molecule has 0 aliphatic carbocycles. The van der Waals surface area contributed by atoms with E-state index in [1.807, 2.05) is 12.1 Å². The Morgan fingerprint density at radius 3 is 2.62 bits per heavy atom. The molecule has 0 amide bonds. The first-order valence-electron chi connectivity index (χ1n) is 5.17. The predicted molar refractivity (Wildman–Crippen MR) is 60.1 cm³/mol. The molecule has 0 fully saturated rings. The molecule has 2 aromatic heterocycles. The summed E-state index contributed by atoms with van der Waals surface area (Å²) in [7, 11) is 1.78. The molecule has 0 spiro atoms. The van der Waals surface area contributed by atoms with Crippen LogP contribution < -0.4 is 0 Å². The maximum atomic E-state index is 11.8. The van der Waals surface area contributed by atoms with E-state index in [1.54, 1.807) is 36.4 Å². The molecule has 2 rings (SSSR count). The lowest BCUT2D eigenvalue weighted by Crippen LogP contribution is -2.07. The number of ketones is 1. The number of aryl methyl sites for hydroxylation is 2. The smallest absolute Gasteiger partial charge is 0.181 e. The number of carbonyl (C=O) groups excluding carboxylic acids is 1. The zero-order chi connectivity index (χ0) is 11.4. The maximum absolute atomic E-state index is 11.8. The summed E-state index contributed by atoms with van der Waals surface area (Å²) in [4.78, 5) is 15.8. The van der Waals surface area contributed by atoms with Gasteiger partial charge in [-0.1, -0.05) is 0 Å². The monoisotopic (exact) mass is 215 g/mol. The number of rotatable bonds is 4.